The van der Waals surface area contributed by atoms with Gasteiger partial charge in [-0.05, 0) is 29.2 Å². The molecule has 0 radical (unpaired) electrons. The average Bonchev–Trinajstić information content (AvgIpc) is 2.15. The first-order valence-electron chi connectivity index (χ1n) is 4.81. The summed E-state index contributed by atoms with van der Waals surface area (Å²) < 4.78 is 12.7. The van der Waals surface area contributed by atoms with Crippen LogP contribution in [0.3, 0.4) is 0 Å². The van der Waals surface area contributed by atoms with Crippen LogP contribution in [0.1, 0.15) is 19.4 Å². The van der Waals surface area contributed by atoms with Gasteiger partial charge in [-0.3, -0.25) is 0 Å². The molecule has 1 nitrogen and oxygen atoms in total. The number of rotatable bonds is 3. The average molecular weight is 193 g/mol. The standard InChI is InChI=1S/C12H16FN/c1-9(2)12(7-8-14)10-3-5-11(13)6-4-10/h3-7,9H,8,14H2,1-2H3/b12-7-. The number of halogens is 1. The lowest BCUT2D eigenvalue weighted by molar-refractivity contribution is 0.627. The van der Waals surface area contributed by atoms with E-state index in [0.717, 1.165) is 5.56 Å². The van der Waals surface area contributed by atoms with Crippen molar-refractivity contribution < 1.29 is 4.39 Å². The van der Waals surface area contributed by atoms with Gasteiger partial charge in [-0.2, -0.15) is 0 Å². The predicted molar refractivity (Wildman–Crippen MR) is 58.3 cm³/mol. The minimum absolute atomic E-state index is 0.204. The summed E-state index contributed by atoms with van der Waals surface area (Å²) in [5.74, 6) is 0.202. The number of nitrogens with two attached hydrogens (primary N) is 1. The van der Waals surface area contributed by atoms with Gasteiger partial charge in [-0.25, -0.2) is 4.39 Å². The zero-order valence-corrected chi connectivity index (χ0v) is 8.63. The summed E-state index contributed by atoms with van der Waals surface area (Å²) in [6.07, 6.45) is 1.98. The Bertz CT molecular complexity index is 312. The van der Waals surface area contributed by atoms with Crippen molar-refractivity contribution in [2.75, 3.05) is 6.54 Å². The normalized spacial score (nSPS) is 12.2. The molecule has 0 aliphatic heterocycles. The van der Waals surface area contributed by atoms with E-state index < -0.39 is 0 Å². The summed E-state index contributed by atoms with van der Waals surface area (Å²) in [6, 6.07) is 6.53. The maximum absolute atomic E-state index is 12.7. The van der Waals surface area contributed by atoms with E-state index >= 15 is 0 Å². The van der Waals surface area contributed by atoms with Gasteiger partial charge in [0, 0.05) is 6.54 Å². The van der Waals surface area contributed by atoms with E-state index in [0.29, 0.717) is 12.5 Å². The molecule has 0 aliphatic rings. The first kappa shape index (κ1) is 10.9. The quantitative estimate of drug-likeness (QED) is 0.784. The molecule has 0 atom stereocenters. The van der Waals surface area contributed by atoms with Gasteiger partial charge >= 0.3 is 0 Å². The molecule has 0 heterocycles. The van der Waals surface area contributed by atoms with Crippen LogP contribution in [0.2, 0.25) is 0 Å². The van der Waals surface area contributed by atoms with Crippen molar-refractivity contribution in [3.8, 4) is 0 Å². The van der Waals surface area contributed by atoms with E-state index in [2.05, 4.69) is 13.8 Å². The van der Waals surface area contributed by atoms with Gasteiger partial charge in [0.2, 0.25) is 0 Å². The molecule has 0 bridgehead atoms. The molecule has 0 spiro atoms. The van der Waals surface area contributed by atoms with Gasteiger partial charge in [-0.1, -0.05) is 32.1 Å². The van der Waals surface area contributed by atoms with Crippen LogP contribution in [0.25, 0.3) is 5.57 Å². The molecule has 0 saturated heterocycles. The topological polar surface area (TPSA) is 26.0 Å². The molecule has 1 aromatic rings. The molecule has 76 valence electrons. The van der Waals surface area contributed by atoms with Crippen molar-refractivity contribution in [1.29, 1.82) is 0 Å². The summed E-state index contributed by atoms with van der Waals surface area (Å²) in [5, 5.41) is 0. The summed E-state index contributed by atoms with van der Waals surface area (Å²) in [4.78, 5) is 0. The third kappa shape index (κ3) is 2.67. The second kappa shape index (κ2) is 4.91. The monoisotopic (exact) mass is 193 g/mol. The van der Waals surface area contributed by atoms with Crippen LogP contribution in [0.4, 0.5) is 4.39 Å². The van der Waals surface area contributed by atoms with Crippen molar-refractivity contribution in [3.63, 3.8) is 0 Å². The lowest BCUT2D eigenvalue weighted by atomic mass is 9.95. The van der Waals surface area contributed by atoms with E-state index in [1.54, 1.807) is 12.1 Å². The van der Waals surface area contributed by atoms with Crippen molar-refractivity contribution in [3.05, 3.63) is 41.7 Å². The van der Waals surface area contributed by atoms with Crippen LogP contribution >= 0.6 is 0 Å². The molecule has 14 heavy (non-hydrogen) atoms. The van der Waals surface area contributed by atoms with Crippen molar-refractivity contribution >= 4 is 5.57 Å². The molecule has 1 rings (SSSR count). The van der Waals surface area contributed by atoms with Gasteiger partial charge in [0.05, 0.1) is 0 Å². The third-order valence-corrected chi connectivity index (χ3v) is 2.14. The summed E-state index contributed by atoms with van der Waals surface area (Å²) in [6.45, 7) is 4.72. The Balaban J connectivity index is 3.00. The van der Waals surface area contributed by atoms with Gasteiger partial charge in [0.1, 0.15) is 5.82 Å². The molecular formula is C12H16FN. The zero-order chi connectivity index (χ0) is 10.6. The van der Waals surface area contributed by atoms with Crippen molar-refractivity contribution in [1.82, 2.24) is 0 Å². The van der Waals surface area contributed by atoms with E-state index in [1.807, 2.05) is 6.08 Å². The number of hydrogen-bond acceptors (Lipinski definition) is 1. The lowest BCUT2D eigenvalue weighted by Gasteiger charge is -2.11. The lowest BCUT2D eigenvalue weighted by Crippen LogP contribution is -2.00. The van der Waals surface area contributed by atoms with Crippen LogP contribution in [0, 0.1) is 11.7 Å². The van der Waals surface area contributed by atoms with Crippen molar-refractivity contribution in [2.45, 2.75) is 13.8 Å². The van der Waals surface area contributed by atoms with Crippen molar-refractivity contribution in [2.24, 2.45) is 11.7 Å². The largest absolute Gasteiger partial charge is 0.327 e. The van der Waals surface area contributed by atoms with Gasteiger partial charge in [0.15, 0.2) is 0 Å². The Morgan fingerprint density at radius 3 is 2.36 bits per heavy atom. The first-order chi connectivity index (χ1) is 6.65. The third-order valence-electron chi connectivity index (χ3n) is 2.14. The molecule has 2 N–H and O–H groups in total. The molecule has 1 aromatic carbocycles. The van der Waals surface area contributed by atoms with E-state index in [-0.39, 0.29) is 5.82 Å². The fourth-order valence-corrected chi connectivity index (χ4v) is 1.46. The summed E-state index contributed by atoms with van der Waals surface area (Å²) in [5.41, 5.74) is 7.71. The summed E-state index contributed by atoms with van der Waals surface area (Å²) >= 11 is 0. The molecule has 2 heteroatoms. The van der Waals surface area contributed by atoms with Gasteiger partial charge < -0.3 is 5.73 Å². The van der Waals surface area contributed by atoms with Crippen LogP contribution in [-0.2, 0) is 0 Å². The second-order valence-corrected chi connectivity index (χ2v) is 3.56. The zero-order valence-electron chi connectivity index (χ0n) is 8.63. The summed E-state index contributed by atoms with van der Waals surface area (Å²) in [7, 11) is 0. The highest BCUT2D eigenvalue weighted by molar-refractivity contribution is 5.66. The number of hydrogen-bond donors (Lipinski definition) is 1. The maximum Gasteiger partial charge on any atom is 0.123 e. The predicted octanol–water partition coefficient (Wildman–Crippen LogP) is 2.82. The van der Waals surface area contributed by atoms with Crippen LogP contribution in [-0.4, -0.2) is 6.54 Å². The van der Waals surface area contributed by atoms with E-state index in [1.165, 1.54) is 17.7 Å². The molecule has 0 fully saturated rings. The fourth-order valence-electron chi connectivity index (χ4n) is 1.46. The molecule has 0 aromatic heterocycles. The fraction of sp³-hybridized carbons (Fsp3) is 0.333. The minimum Gasteiger partial charge on any atom is -0.327 e. The Kier molecular flexibility index (Phi) is 3.84. The first-order valence-corrected chi connectivity index (χ1v) is 4.81. The second-order valence-electron chi connectivity index (χ2n) is 3.56. The van der Waals surface area contributed by atoms with Crippen LogP contribution in [0.15, 0.2) is 30.3 Å². The number of allylic oxidation sites excluding steroid dienone is 1. The highest BCUT2D eigenvalue weighted by Crippen LogP contribution is 2.22. The SMILES string of the molecule is CC(C)/C(=C/CN)c1ccc(F)cc1. The van der Waals surface area contributed by atoms with Gasteiger partial charge in [0.25, 0.3) is 0 Å². The molecule has 0 unspecified atom stereocenters. The van der Waals surface area contributed by atoms with Gasteiger partial charge in [-0.15, -0.1) is 0 Å². The molecular weight excluding hydrogens is 177 g/mol. The molecule has 0 saturated carbocycles. The van der Waals surface area contributed by atoms with E-state index in [4.69, 9.17) is 5.73 Å². The van der Waals surface area contributed by atoms with E-state index in [9.17, 15) is 4.39 Å². The molecule has 0 aliphatic carbocycles. The minimum atomic E-state index is -0.204. The highest BCUT2D eigenvalue weighted by atomic mass is 19.1. The maximum atomic E-state index is 12.7. The smallest absolute Gasteiger partial charge is 0.123 e. The highest BCUT2D eigenvalue weighted by Gasteiger charge is 2.05. The Morgan fingerprint density at radius 2 is 1.93 bits per heavy atom. The molecule has 0 amide bonds. The Hall–Kier alpha value is -1.15. The number of benzene rings is 1. The van der Waals surface area contributed by atoms with Crippen LogP contribution < -0.4 is 5.73 Å². The Morgan fingerprint density at radius 1 is 1.36 bits per heavy atom. The Labute approximate surface area is 84.4 Å². The van der Waals surface area contributed by atoms with Crippen LogP contribution in [0.5, 0.6) is 0 Å².